The van der Waals surface area contributed by atoms with Gasteiger partial charge in [-0.1, -0.05) is 0 Å². The molecule has 5 aromatic rings. The van der Waals surface area contributed by atoms with Crippen molar-refractivity contribution in [1.29, 1.82) is 0 Å². The average molecular weight is 425 g/mol. The second kappa shape index (κ2) is 5.89. The molecule has 0 spiro atoms. The standard InChI is InChI=1S/C16H8F5N7S/c1-6-4-8(16(19,20)21)23-14-9(6)10-11(29-14)13-24-12(26-28(13)5-22-10)7-2-3-27(25-7)15(17)18/h2-5,15H,1H3. The van der Waals surface area contributed by atoms with E-state index in [1.165, 1.54) is 16.9 Å². The minimum atomic E-state index is -4.57. The van der Waals surface area contributed by atoms with Crippen LogP contribution in [0.4, 0.5) is 22.0 Å². The van der Waals surface area contributed by atoms with Crippen molar-refractivity contribution in [3.63, 3.8) is 0 Å². The van der Waals surface area contributed by atoms with Gasteiger partial charge in [-0.25, -0.2) is 24.1 Å². The van der Waals surface area contributed by atoms with Crippen LogP contribution in [-0.4, -0.2) is 34.3 Å². The highest BCUT2D eigenvalue weighted by molar-refractivity contribution is 7.26. The summed E-state index contributed by atoms with van der Waals surface area (Å²) in [4.78, 5) is 12.5. The lowest BCUT2D eigenvalue weighted by molar-refractivity contribution is -0.141. The van der Waals surface area contributed by atoms with Crippen molar-refractivity contribution in [3.05, 3.63) is 35.9 Å². The summed E-state index contributed by atoms with van der Waals surface area (Å²) >= 11 is 1.01. The van der Waals surface area contributed by atoms with Gasteiger partial charge in [0.2, 0.25) is 5.82 Å². The van der Waals surface area contributed by atoms with Crippen molar-refractivity contribution in [1.82, 2.24) is 34.3 Å². The van der Waals surface area contributed by atoms with E-state index in [0.717, 1.165) is 23.6 Å². The predicted molar refractivity (Wildman–Crippen MR) is 93.7 cm³/mol. The summed E-state index contributed by atoms with van der Waals surface area (Å²) in [7, 11) is 0. The van der Waals surface area contributed by atoms with Gasteiger partial charge in [0.25, 0.3) is 0 Å². The highest BCUT2D eigenvalue weighted by atomic mass is 32.1. The van der Waals surface area contributed by atoms with E-state index in [1.54, 1.807) is 6.92 Å². The lowest BCUT2D eigenvalue weighted by atomic mass is 10.1. The van der Waals surface area contributed by atoms with Gasteiger partial charge in [-0.3, -0.25) is 0 Å². The third-order valence-corrected chi connectivity index (χ3v) is 5.36. The van der Waals surface area contributed by atoms with Crippen LogP contribution in [-0.2, 0) is 6.18 Å². The molecule has 0 aromatic carbocycles. The molecular formula is C16H8F5N7S. The molecule has 0 saturated carbocycles. The minimum absolute atomic E-state index is 0.0943. The molecule has 5 aromatic heterocycles. The number of aromatic nitrogens is 7. The fraction of sp³-hybridized carbons (Fsp3) is 0.188. The van der Waals surface area contributed by atoms with Crippen LogP contribution >= 0.6 is 11.3 Å². The fourth-order valence-electron chi connectivity index (χ4n) is 3.03. The van der Waals surface area contributed by atoms with Gasteiger partial charge in [0.05, 0.1) is 5.52 Å². The Morgan fingerprint density at radius 1 is 1.14 bits per heavy atom. The van der Waals surface area contributed by atoms with E-state index in [1.807, 2.05) is 0 Å². The molecule has 0 unspecified atom stereocenters. The summed E-state index contributed by atoms with van der Waals surface area (Å²) in [5.41, 5.74) is 0.323. The molecule has 0 amide bonds. The molecule has 0 atom stereocenters. The maximum Gasteiger partial charge on any atom is 0.433 e. The zero-order valence-electron chi connectivity index (χ0n) is 14.3. The molecular weight excluding hydrogens is 417 g/mol. The summed E-state index contributed by atoms with van der Waals surface area (Å²) in [5, 5.41) is 8.42. The van der Waals surface area contributed by atoms with E-state index >= 15 is 0 Å². The third kappa shape index (κ3) is 2.72. The number of hydrogen-bond acceptors (Lipinski definition) is 6. The number of rotatable bonds is 2. The first kappa shape index (κ1) is 17.8. The number of pyridine rings is 1. The van der Waals surface area contributed by atoms with Crippen molar-refractivity contribution in [3.8, 4) is 11.5 Å². The Bertz CT molecular complexity index is 1400. The molecule has 0 fully saturated rings. The molecule has 0 bridgehead atoms. The van der Waals surface area contributed by atoms with E-state index in [0.29, 0.717) is 31.5 Å². The summed E-state index contributed by atoms with van der Waals surface area (Å²) in [5.74, 6) is 0.0943. The zero-order chi connectivity index (χ0) is 20.5. The minimum Gasteiger partial charge on any atom is -0.234 e. The maximum absolute atomic E-state index is 13.1. The van der Waals surface area contributed by atoms with Crippen LogP contribution in [0.1, 0.15) is 17.8 Å². The van der Waals surface area contributed by atoms with Crippen LogP contribution in [0.2, 0.25) is 0 Å². The van der Waals surface area contributed by atoms with Gasteiger partial charge in [0, 0.05) is 11.6 Å². The molecule has 0 aliphatic carbocycles. The number of thiophene rings is 1. The molecule has 0 saturated heterocycles. The first-order valence-corrected chi connectivity index (χ1v) is 8.90. The Kier molecular flexibility index (Phi) is 3.62. The monoisotopic (exact) mass is 425 g/mol. The number of nitrogens with zero attached hydrogens (tertiary/aromatic N) is 7. The molecule has 5 rings (SSSR count). The SMILES string of the molecule is Cc1cc(C(F)(F)F)nc2sc3c(ncn4nc(-c5ccn(C(F)F)n5)nc34)c12. The molecule has 29 heavy (non-hydrogen) atoms. The van der Waals surface area contributed by atoms with Crippen LogP contribution in [0, 0.1) is 6.92 Å². The lowest BCUT2D eigenvalue weighted by Gasteiger charge is -2.06. The molecule has 13 heteroatoms. The Morgan fingerprint density at radius 3 is 2.62 bits per heavy atom. The number of hydrogen-bond donors (Lipinski definition) is 0. The smallest absolute Gasteiger partial charge is 0.234 e. The van der Waals surface area contributed by atoms with Crippen molar-refractivity contribution in [2.45, 2.75) is 19.6 Å². The summed E-state index contributed by atoms with van der Waals surface area (Å²) in [6.07, 6.45) is -2.10. The quantitative estimate of drug-likeness (QED) is 0.390. The second-order valence-electron chi connectivity index (χ2n) is 6.19. The van der Waals surface area contributed by atoms with E-state index in [2.05, 4.69) is 25.1 Å². The van der Waals surface area contributed by atoms with Gasteiger partial charge >= 0.3 is 12.7 Å². The Labute approximate surface area is 161 Å². The Balaban J connectivity index is 1.74. The van der Waals surface area contributed by atoms with Crippen molar-refractivity contribution in [2.75, 3.05) is 0 Å². The number of aryl methyl sites for hydroxylation is 1. The average Bonchev–Trinajstić information content (AvgIpc) is 3.35. The largest absolute Gasteiger partial charge is 0.433 e. The summed E-state index contributed by atoms with van der Waals surface area (Å²) in [6.45, 7) is -1.24. The maximum atomic E-state index is 13.1. The van der Waals surface area contributed by atoms with Gasteiger partial charge < -0.3 is 0 Å². The van der Waals surface area contributed by atoms with Crippen molar-refractivity contribution >= 4 is 37.4 Å². The van der Waals surface area contributed by atoms with Crippen LogP contribution in [0.15, 0.2) is 24.7 Å². The first-order valence-electron chi connectivity index (χ1n) is 8.08. The van der Waals surface area contributed by atoms with Crippen molar-refractivity contribution in [2.24, 2.45) is 0 Å². The van der Waals surface area contributed by atoms with Crippen LogP contribution in [0.25, 0.3) is 37.6 Å². The van der Waals surface area contributed by atoms with Gasteiger partial charge in [-0.15, -0.1) is 16.4 Å². The molecule has 0 aliphatic heterocycles. The molecule has 0 N–H and O–H groups in total. The van der Waals surface area contributed by atoms with E-state index in [9.17, 15) is 22.0 Å². The fourth-order valence-corrected chi connectivity index (χ4v) is 4.21. The van der Waals surface area contributed by atoms with Crippen LogP contribution in [0.3, 0.4) is 0 Å². The predicted octanol–water partition coefficient (Wildman–Crippen LogP) is 4.47. The van der Waals surface area contributed by atoms with Crippen LogP contribution < -0.4 is 0 Å². The molecule has 0 aliphatic rings. The number of fused-ring (bicyclic) bond motifs is 5. The molecule has 148 valence electrons. The molecule has 7 nitrogen and oxygen atoms in total. The van der Waals surface area contributed by atoms with Crippen molar-refractivity contribution < 1.29 is 22.0 Å². The first-order chi connectivity index (χ1) is 13.7. The normalized spacial score (nSPS) is 12.8. The van der Waals surface area contributed by atoms with Gasteiger partial charge in [0.15, 0.2) is 5.65 Å². The summed E-state index contributed by atoms with van der Waals surface area (Å²) < 4.78 is 67.0. The van der Waals surface area contributed by atoms with Gasteiger partial charge in [0.1, 0.15) is 27.2 Å². The highest BCUT2D eigenvalue weighted by Gasteiger charge is 2.33. The van der Waals surface area contributed by atoms with E-state index < -0.39 is 18.4 Å². The Hall–Kier alpha value is -3.22. The second-order valence-corrected chi connectivity index (χ2v) is 7.19. The Morgan fingerprint density at radius 2 is 1.93 bits per heavy atom. The third-order valence-electron chi connectivity index (χ3n) is 4.29. The van der Waals surface area contributed by atoms with Crippen LogP contribution in [0.5, 0.6) is 0 Å². The van der Waals surface area contributed by atoms with E-state index in [-0.39, 0.29) is 16.3 Å². The zero-order valence-corrected chi connectivity index (χ0v) is 15.1. The molecule has 5 heterocycles. The van der Waals surface area contributed by atoms with Gasteiger partial charge in [-0.05, 0) is 24.6 Å². The van der Waals surface area contributed by atoms with E-state index in [4.69, 9.17) is 0 Å². The lowest BCUT2D eigenvalue weighted by Crippen LogP contribution is -2.07. The number of alkyl halides is 5. The number of halogens is 5. The van der Waals surface area contributed by atoms with Gasteiger partial charge in [-0.2, -0.15) is 27.1 Å². The highest BCUT2D eigenvalue weighted by Crippen LogP contribution is 2.38. The summed E-state index contributed by atoms with van der Waals surface area (Å²) in [6, 6.07) is 2.32. The molecule has 0 radical (unpaired) electrons. The topological polar surface area (TPSA) is 73.8 Å².